The second kappa shape index (κ2) is 4.06. The van der Waals surface area contributed by atoms with E-state index in [-0.39, 0.29) is 5.60 Å². The maximum absolute atomic E-state index is 8.64. The summed E-state index contributed by atoms with van der Waals surface area (Å²) in [5, 5.41) is 8.64. The van der Waals surface area contributed by atoms with Crippen molar-refractivity contribution in [2.45, 2.75) is 19.4 Å². The number of aromatic nitrogens is 2. The van der Waals surface area contributed by atoms with Crippen LogP contribution in [0.15, 0.2) is 12.4 Å². The van der Waals surface area contributed by atoms with Gasteiger partial charge in [-0.1, -0.05) is 0 Å². The van der Waals surface area contributed by atoms with E-state index >= 15 is 0 Å². The van der Waals surface area contributed by atoms with Gasteiger partial charge < -0.3 is 9.64 Å². The Morgan fingerprint density at radius 2 is 2.25 bits per heavy atom. The van der Waals surface area contributed by atoms with Crippen molar-refractivity contribution < 1.29 is 4.74 Å². The van der Waals surface area contributed by atoms with Gasteiger partial charge in [-0.15, -0.1) is 0 Å². The third-order valence-corrected chi connectivity index (χ3v) is 2.50. The monoisotopic (exact) mass is 218 g/mol. The molecule has 0 radical (unpaired) electrons. The quantitative estimate of drug-likeness (QED) is 0.702. The molecule has 0 spiro atoms. The molecule has 2 heterocycles. The number of nitriles is 1. The summed E-state index contributed by atoms with van der Waals surface area (Å²) in [6.07, 6.45) is 3.14. The van der Waals surface area contributed by atoms with Crippen LogP contribution in [-0.4, -0.2) is 35.3 Å². The van der Waals surface area contributed by atoms with Crippen molar-refractivity contribution in [2.24, 2.45) is 0 Å². The average Bonchev–Trinajstić information content (AvgIpc) is 2.28. The summed E-state index contributed by atoms with van der Waals surface area (Å²) >= 11 is 0. The van der Waals surface area contributed by atoms with E-state index in [9.17, 15) is 0 Å². The normalized spacial score (nSPS) is 19.2. The maximum Gasteiger partial charge on any atom is 0.158 e. The smallest absolute Gasteiger partial charge is 0.158 e. The van der Waals surface area contributed by atoms with Gasteiger partial charge in [0.2, 0.25) is 0 Å². The standard InChI is InChI=1S/C11H14N4O/c1-11(2)8-15(3-4-16-11)10-7-13-9(5-12)6-14-10/h6-7H,3-4,8H2,1-2H3. The molecule has 0 amide bonds. The first-order chi connectivity index (χ1) is 7.61. The summed E-state index contributed by atoms with van der Waals surface area (Å²) in [6, 6.07) is 1.96. The van der Waals surface area contributed by atoms with Crippen LogP contribution in [0.3, 0.4) is 0 Å². The van der Waals surface area contributed by atoms with E-state index in [0.29, 0.717) is 12.3 Å². The van der Waals surface area contributed by atoms with E-state index in [0.717, 1.165) is 18.9 Å². The second-order valence-electron chi connectivity index (χ2n) is 4.40. The van der Waals surface area contributed by atoms with Gasteiger partial charge in [-0.3, -0.25) is 0 Å². The van der Waals surface area contributed by atoms with Crippen LogP contribution in [0.1, 0.15) is 19.5 Å². The zero-order chi connectivity index (χ0) is 11.6. The molecule has 0 bridgehead atoms. The molecule has 84 valence electrons. The molecule has 0 aromatic carbocycles. The summed E-state index contributed by atoms with van der Waals surface area (Å²) in [5.41, 5.74) is 0.185. The lowest BCUT2D eigenvalue weighted by Gasteiger charge is -2.38. The number of hydrogen-bond donors (Lipinski definition) is 0. The van der Waals surface area contributed by atoms with Crippen LogP contribution < -0.4 is 4.90 Å². The van der Waals surface area contributed by atoms with Gasteiger partial charge in [-0.25, -0.2) is 9.97 Å². The van der Waals surface area contributed by atoms with E-state index in [2.05, 4.69) is 28.7 Å². The zero-order valence-corrected chi connectivity index (χ0v) is 9.47. The molecule has 0 N–H and O–H groups in total. The lowest BCUT2D eigenvalue weighted by Crippen LogP contribution is -2.48. The fraction of sp³-hybridized carbons (Fsp3) is 0.545. The molecule has 0 saturated carbocycles. The largest absolute Gasteiger partial charge is 0.372 e. The van der Waals surface area contributed by atoms with Crippen molar-refractivity contribution in [3.63, 3.8) is 0 Å². The van der Waals surface area contributed by atoms with Gasteiger partial charge in [0.25, 0.3) is 0 Å². The van der Waals surface area contributed by atoms with Gasteiger partial charge in [-0.2, -0.15) is 5.26 Å². The second-order valence-corrected chi connectivity index (χ2v) is 4.40. The average molecular weight is 218 g/mol. The Morgan fingerprint density at radius 1 is 1.44 bits per heavy atom. The molecule has 1 fully saturated rings. The van der Waals surface area contributed by atoms with E-state index < -0.39 is 0 Å². The predicted octanol–water partition coefficient (Wildman–Crippen LogP) is 0.963. The van der Waals surface area contributed by atoms with Crippen LogP contribution in [0.2, 0.25) is 0 Å². The first-order valence-corrected chi connectivity index (χ1v) is 5.22. The van der Waals surface area contributed by atoms with Crippen molar-refractivity contribution in [1.82, 2.24) is 9.97 Å². The minimum Gasteiger partial charge on any atom is -0.372 e. The van der Waals surface area contributed by atoms with Crippen LogP contribution >= 0.6 is 0 Å². The third kappa shape index (κ3) is 2.28. The van der Waals surface area contributed by atoms with Crippen molar-refractivity contribution in [3.05, 3.63) is 18.1 Å². The first kappa shape index (κ1) is 10.8. The molecule has 1 aromatic rings. The molecule has 2 rings (SSSR count). The lowest BCUT2D eigenvalue weighted by atomic mass is 10.1. The minimum absolute atomic E-state index is 0.159. The number of morpholine rings is 1. The summed E-state index contributed by atoms with van der Waals surface area (Å²) < 4.78 is 5.62. The molecule has 1 saturated heterocycles. The topological polar surface area (TPSA) is 62.0 Å². The van der Waals surface area contributed by atoms with E-state index in [1.54, 1.807) is 6.20 Å². The van der Waals surface area contributed by atoms with Gasteiger partial charge in [-0.05, 0) is 13.8 Å². The fourth-order valence-corrected chi connectivity index (χ4v) is 1.75. The first-order valence-electron chi connectivity index (χ1n) is 5.22. The van der Waals surface area contributed by atoms with Crippen LogP contribution in [0.4, 0.5) is 5.82 Å². The maximum atomic E-state index is 8.64. The van der Waals surface area contributed by atoms with E-state index in [4.69, 9.17) is 10.00 Å². The zero-order valence-electron chi connectivity index (χ0n) is 9.47. The van der Waals surface area contributed by atoms with Crippen molar-refractivity contribution >= 4 is 5.82 Å². The summed E-state index contributed by atoms with van der Waals surface area (Å²) in [5.74, 6) is 0.801. The summed E-state index contributed by atoms with van der Waals surface area (Å²) in [4.78, 5) is 10.4. The van der Waals surface area contributed by atoms with Gasteiger partial charge in [0.1, 0.15) is 11.9 Å². The highest BCUT2D eigenvalue weighted by Crippen LogP contribution is 2.20. The number of rotatable bonds is 1. The van der Waals surface area contributed by atoms with Crippen LogP contribution in [-0.2, 0) is 4.74 Å². The Bertz CT molecular complexity index is 407. The van der Waals surface area contributed by atoms with Crippen LogP contribution in [0.5, 0.6) is 0 Å². The minimum atomic E-state index is -0.159. The highest BCUT2D eigenvalue weighted by molar-refractivity contribution is 5.38. The van der Waals surface area contributed by atoms with Gasteiger partial charge in [0.15, 0.2) is 5.69 Å². The molecule has 0 aliphatic carbocycles. The molecule has 1 aromatic heterocycles. The molecule has 0 unspecified atom stereocenters. The van der Waals surface area contributed by atoms with Crippen LogP contribution in [0, 0.1) is 11.3 Å². The van der Waals surface area contributed by atoms with Crippen molar-refractivity contribution in [2.75, 3.05) is 24.6 Å². The molecule has 1 aliphatic rings. The summed E-state index contributed by atoms with van der Waals surface area (Å²) in [6.45, 7) is 6.39. The van der Waals surface area contributed by atoms with Gasteiger partial charge in [0.05, 0.1) is 24.6 Å². The van der Waals surface area contributed by atoms with E-state index in [1.807, 2.05) is 6.07 Å². The molecular formula is C11H14N4O. The molecular weight excluding hydrogens is 204 g/mol. The Hall–Kier alpha value is -1.67. The highest BCUT2D eigenvalue weighted by atomic mass is 16.5. The predicted molar refractivity (Wildman–Crippen MR) is 59.0 cm³/mol. The molecule has 5 heteroatoms. The summed E-state index contributed by atoms with van der Waals surface area (Å²) in [7, 11) is 0. The van der Waals surface area contributed by atoms with Crippen LogP contribution in [0.25, 0.3) is 0 Å². The fourth-order valence-electron chi connectivity index (χ4n) is 1.75. The van der Waals surface area contributed by atoms with Crippen molar-refractivity contribution in [3.8, 4) is 6.07 Å². The van der Waals surface area contributed by atoms with Gasteiger partial charge >= 0.3 is 0 Å². The Morgan fingerprint density at radius 3 is 2.81 bits per heavy atom. The Labute approximate surface area is 94.7 Å². The van der Waals surface area contributed by atoms with Crippen molar-refractivity contribution in [1.29, 1.82) is 5.26 Å². The number of ether oxygens (including phenoxy) is 1. The Balaban J connectivity index is 2.15. The number of nitrogens with zero attached hydrogens (tertiary/aromatic N) is 4. The number of anilines is 1. The molecule has 16 heavy (non-hydrogen) atoms. The highest BCUT2D eigenvalue weighted by Gasteiger charge is 2.27. The Kier molecular flexibility index (Phi) is 2.75. The SMILES string of the molecule is CC1(C)CN(c2cnc(C#N)cn2)CCO1. The molecule has 0 atom stereocenters. The third-order valence-electron chi connectivity index (χ3n) is 2.50. The number of hydrogen-bond acceptors (Lipinski definition) is 5. The lowest BCUT2D eigenvalue weighted by molar-refractivity contribution is -0.0279. The van der Waals surface area contributed by atoms with E-state index in [1.165, 1.54) is 6.20 Å². The van der Waals surface area contributed by atoms with Gasteiger partial charge in [0, 0.05) is 13.1 Å². The molecule has 5 nitrogen and oxygen atoms in total. The molecule has 1 aliphatic heterocycles.